The van der Waals surface area contributed by atoms with Gasteiger partial charge in [0.1, 0.15) is 11.2 Å². The van der Waals surface area contributed by atoms with Gasteiger partial charge in [0.05, 0.1) is 16.8 Å². The van der Waals surface area contributed by atoms with Crippen LogP contribution in [0.5, 0.6) is 0 Å². The Labute approximate surface area is 334 Å². The summed E-state index contributed by atoms with van der Waals surface area (Å²) in [4.78, 5) is 20.1. The topological polar surface area (TPSA) is 64.7 Å². The van der Waals surface area contributed by atoms with Gasteiger partial charge in [0.25, 0.3) is 0 Å². The molecule has 2 aliphatic carbocycles. The number of para-hydroxylation sites is 1. The first-order valence-corrected chi connectivity index (χ1v) is 19.5. The normalized spacial score (nSPS) is 14.9. The highest BCUT2D eigenvalue weighted by molar-refractivity contribution is 6.15. The summed E-state index contributed by atoms with van der Waals surface area (Å²) in [5.41, 5.74) is 16.1. The summed E-state index contributed by atoms with van der Waals surface area (Å²) >= 11 is 0. The Bertz CT molecular complexity index is 3280. The van der Waals surface area contributed by atoms with Crippen LogP contribution >= 0.6 is 0 Å². The lowest BCUT2D eigenvalue weighted by molar-refractivity contribution is 0.668. The monoisotopic (exact) mass is 740 g/mol. The maximum absolute atomic E-state index is 6.50. The first-order valence-electron chi connectivity index (χ1n) is 19.5. The van der Waals surface area contributed by atoms with Crippen molar-refractivity contribution in [2.75, 3.05) is 0 Å². The summed E-state index contributed by atoms with van der Waals surface area (Å²) in [6.45, 7) is 0. The van der Waals surface area contributed by atoms with Crippen LogP contribution < -0.4 is 0 Å². The summed E-state index contributed by atoms with van der Waals surface area (Å²) in [7, 11) is 0. The standard InChI is InChI=1S/C53H32N4O/c1-3-14-35(15-4-1)45-30-46(38-31-54-51(55-32-38)36-16-5-2-6-17-36)57-52(56-45)37-26-25-34-24-23-33-13-7-10-20-41(33)53(44(34)29-37)42-21-11-8-18-39(42)49-43(53)27-28-48-50(49)40-19-9-12-22-47(40)58-48/h1-32H. The molecule has 3 aromatic heterocycles. The number of aromatic nitrogens is 4. The Morgan fingerprint density at radius 1 is 0.414 bits per heavy atom. The molecule has 58 heavy (non-hydrogen) atoms. The van der Waals surface area contributed by atoms with Gasteiger partial charge in [0.2, 0.25) is 0 Å². The van der Waals surface area contributed by atoms with Crippen molar-refractivity contribution in [3.05, 3.63) is 216 Å². The Morgan fingerprint density at radius 2 is 1.07 bits per heavy atom. The maximum atomic E-state index is 6.50. The summed E-state index contributed by atoms with van der Waals surface area (Å²) < 4.78 is 6.50. The van der Waals surface area contributed by atoms with E-state index in [2.05, 4.69) is 121 Å². The average molecular weight is 741 g/mol. The lowest BCUT2D eigenvalue weighted by atomic mass is 9.65. The Morgan fingerprint density at radius 3 is 1.88 bits per heavy atom. The summed E-state index contributed by atoms with van der Waals surface area (Å²) in [6.07, 6.45) is 8.24. The lowest BCUT2D eigenvalue weighted by Gasteiger charge is -2.35. The smallest absolute Gasteiger partial charge is 0.160 e. The van der Waals surface area contributed by atoms with Gasteiger partial charge in [-0.3, -0.25) is 0 Å². The third kappa shape index (κ3) is 4.77. The molecule has 0 saturated heterocycles. The van der Waals surface area contributed by atoms with Crippen LogP contribution in [-0.2, 0) is 5.41 Å². The second-order valence-electron chi connectivity index (χ2n) is 15.0. The molecular formula is C53H32N4O. The number of benzene rings is 7. The van der Waals surface area contributed by atoms with Gasteiger partial charge in [0, 0.05) is 45.4 Å². The molecule has 0 bridgehead atoms. The van der Waals surface area contributed by atoms with Crippen LogP contribution in [0.25, 0.3) is 90.5 Å². The van der Waals surface area contributed by atoms with Crippen molar-refractivity contribution < 1.29 is 4.42 Å². The predicted octanol–water partition coefficient (Wildman–Crippen LogP) is 12.7. The van der Waals surface area contributed by atoms with Crippen LogP contribution in [0.2, 0.25) is 0 Å². The van der Waals surface area contributed by atoms with Crippen LogP contribution in [0.4, 0.5) is 0 Å². The van der Waals surface area contributed by atoms with Gasteiger partial charge in [-0.2, -0.15) is 0 Å². The minimum Gasteiger partial charge on any atom is -0.456 e. The van der Waals surface area contributed by atoms with E-state index in [-0.39, 0.29) is 0 Å². The van der Waals surface area contributed by atoms with Crippen molar-refractivity contribution in [2.24, 2.45) is 0 Å². The zero-order chi connectivity index (χ0) is 38.2. The van der Waals surface area contributed by atoms with Crippen LogP contribution in [0.3, 0.4) is 0 Å². The molecule has 5 nitrogen and oxygen atoms in total. The van der Waals surface area contributed by atoms with E-state index < -0.39 is 5.41 Å². The van der Waals surface area contributed by atoms with E-state index in [4.69, 9.17) is 24.4 Å². The van der Waals surface area contributed by atoms with E-state index in [0.717, 1.165) is 61.1 Å². The predicted molar refractivity (Wildman–Crippen MR) is 233 cm³/mol. The molecule has 270 valence electrons. The summed E-state index contributed by atoms with van der Waals surface area (Å²) in [6, 6.07) is 59.6. The Balaban J connectivity index is 1.12. The average Bonchev–Trinajstić information content (AvgIpc) is 3.77. The van der Waals surface area contributed by atoms with Gasteiger partial charge in [-0.15, -0.1) is 0 Å². The molecule has 1 unspecified atom stereocenters. The molecule has 3 heterocycles. The lowest BCUT2D eigenvalue weighted by Crippen LogP contribution is -2.30. The largest absolute Gasteiger partial charge is 0.456 e. The second kappa shape index (κ2) is 12.6. The third-order valence-electron chi connectivity index (χ3n) is 11.8. The van der Waals surface area contributed by atoms with E-state index in [1.807, 2.05) is 73.1 Å². The molecule has 0 amide bonds. The molecule has 0 fully saturated rings. The molecular weight excluding hydrogens is 709 g/mol. The molecule has 5 heteroatoms. The molecule has 2 aliphatic rings. The van der Waals surface area contributed by atoms with Gasteiger partial charge in [0.15, 0.2) is 11.6 Å². The van der Waals surface area contributed by atoms with Crippen molar-refractivity contribution >= 4 is 34.1 Å². The van der Waals surface area contributed by atoms with Crippen molar-refractivity contribution in [3.8, 4) is 56.4 Å². The third-order valence-corrected chi connectivity index (χ3v) is 11.8. The highest BCUT2D eigenvalue weighted by atomic mass is 16.3. The molecule has 7 aromatic carbocycles. The van der Waals surface area contributed by atoms with E-state index in [1.54, 1.807) is 0 Å². The quantitative estimate of drug-likeness (QED) is 0.180. The van der Waals surface area contributed by atoms with Crippen molar-refractivity contribution in [1.82, 2.24) is 19.9 Å². The number of nitrogens with zero attached hydrogens (tertiary/aromatic N) is 4. The Kier molecular flexibility index (Phi) is 7.07. The zero-order valence-corrected chi connectivity index (χ0v) is 31.2. The van der Waals surface area contributed by atoms with Gasteiger partial charge in [-0.25, -0.2) is 19.9 Å². The highest BCUT2D eigenvalue weighted by Crippen LogP contribution is 2.61. The van der Waals surface area contributed by atoms with Crippen molar-refractivity contribution in [1.29, 1.82) is 0 Å². The number of fused-ring (bicyclic) bond motifs is 13. The molecule has 1 spiro atoms. The number of furan rings is 1. The van der Waals surface area contributed by atoms with Crippen molar-refractivity contribution in [3.63, 3.8) is 0 Å². The van der Waals surface area contributed by atoms with E-state index in [9.17, 15) is 0 Å². The fraction of sp³-hybridized carbons (Fsp3) is 0.0189. The highest BCUT2D eigenvalue weighted by Gasteiger charge is 2.49. The number of hydrogen-bond acceptors (Lipinski definition) is 5. The first-order chi connectivity index (χ1) is 28.7. The molecule has 10 aromatic rings. The van der Waals surface area contributed by atoms with Crippen molar-refractivity contribution in [2.45, 2.75) is 5.41 Å². The fourth-order valence-electron chi connectivity index (χ4n) is 9.31. The van der Waals surface area contributed by atoms with Gasteiger partial charge < -0.3 is 4.42 Å². The molecule has 0 N–H and O–H groups in total. The van der Waals surface area contributed by atoms with Crippen LogP contribution in [0.15, 0.2) is 187 Å². The fourth-order valence-corrected chi connectivity index (χ4v) is 9.31. The van der Waals surface area contributed by atoms with Gasteiger partial charge in [-0.1, -0.05) is 158 Å². The number of hydrogen-bond donors (Lipinski definition) is 0. The van der Waals surface area contributed by atoms with Crippen LogP contribution in [0.1, 0.15) is 33.4 Å². The molecule has 12 rings (SSSR count). The minimum absolute atomic E-state index is 0.630. The van der Waals surface area contributed by atoms with E-state index in [0.29, 0.717) is 11.6 Å². The maximum Gasteiger partial charge on any atom is 0.160 e. The van der Waals surface area contributed by atoms with E-state index >= 15 is 0 Å². The minimum atomic E-state index is -0.648. The molecule has 1 atom stereocenters. The second-order valence-corrected chi connectivity index (χ2v) is 15.0. The zero-order valence-electron chi connectivity index (χ0n) is 31.2. The van der Waals surface area contributed by atoms with Crippen LogP contribution in [-0.4, -0.2) is 19.9 Å². The molecule has 0 saturated carbocycles. The molecule has 0 aliphatic heterocycles. The van der Waals surface area contributed by atoms with Gasteiger partial charge >= 0.3 is 0 Å². The Hall–Kier alpha value is -7.76. The molecule has 0 radical (unpaired) electrons. The summed E-state index contributed by atoms with van der Waals surface area (Å²) in [5, 5.41) is 2.27. The first kappa shape index (κ1) is 32.5. The van der Waals surface area contributed by atoms with E-state index in [1.165, 1.54) is 38.9 Å². The SMILES string of the molecule is C1=Cc2ccc(-c3nc(-c4ccccc4)cc(-c4cnc(-c5ccccc5)nc4)n3)cc2C2(c3ccccc31)c1ccccc1-c1c2ccc2oc3ccccc3c12. The van der Waals surface area contributed by atoms with Gasteiger partial charge in [-0.05, 0) is 68.8 Å². The summed E-state index contributed by atoms with van der Waals surface area (Å²) in [5.74, 6) is 1.30. The number of rotatable bonds is 4. The van der Waals surface area contributed by atoms with Crippen LogP contribution in [0, 0.1) is 0 Å².